The lowest BCUT2D eigenvalue weighted by atomic mass is 9.73. The van der Waals surface area contributed by atoms with E-state index in [0.717, 1.165) is 83.3 Å². The van der Waals surface area contributed by atoms with Crippen molar-refractivity contribution in [1.82, 2.24) is 0 Å². The van der Waals surface area contributed by atoms with E-state index in [2.05, 4.69) is 54.7 Å². The molecule has 0 amide bonds. The maximum atomic E-state index is 13.4. The van der Waals surface area contributed by atoms with Gasteiger partial charge < -0.3 is 34.6 Å². The summed E-state index contributed by atoms with van der Waals surface area (Å²) in [7, 11) is 0. The lowest BCUT2D eigenvalue weighted by molar-refractivity contribution is -0.210. The summed E-state index contributed by atoms with van der Waals surface area (Å²) >= 11 is 0. The average Bonchev–Trinajstić information content (AvgIpc) is 4.21. The van der Waals surface area contributed by atoms with E-state index < -0.39 is 24.4 Å². The second-order valence-corrected chi connectivity index (χ2v) is 20.4. The topological polar surface area (TPSA) is 143 Å². The van der Waals surface area contributed by atoms with Gasteiger partial charge in [0.2, 0.25) is 0 Å². The Kier molecular flexibility index (Phi) is 28.1. The van der Waals surface area contributed by atoms with Gasteiger partial charge in [0.1, 0.15) is 11.6 Å². The maximum Gasteiger partial charge on any atom is 0.133 e. The normalized spacial score (nSPS) is 30.5. The lowest BCUT2D eigenvalue weighted by Crippen LogP contribution is -2.55. The quantitative estimate of drug-likeness (QED) is 0.0697. The molecule has 3 aliphatic heterocycles. The van der Waals surface area contributed by atoms with Crippen molar-refractivity contribution < 1.29 is 44.2 Å². The van der Waals surface area contributed by atoms with Gasteiger partial charge in [-0.3, -0.25) is 9.59 Å². The number of ether oxygens (including phenoxy) is 3. The molecule has 0 aromatic carbocycles. The molecule has 9 nitrogen and oxygen atoms in total. The summed E-state index contributed by atoms with van der Waals surface area (Å²) in [5.74, 6) is 3.23. The Bertz CT molecular complexity index is 1290. The number of aliphatic hydroxyl groups is 4. The molecule has 0 aromatic rings. The molecule has 5 rings (SSSR count). The minimum Gasteiger partial charge on any atom is -0.394 e. The lowest BCUT2D eigenvalue weighted by Gasteiger charge is -2.47. The second-order valence-electron chi connectivity index (χ2n) is 20.4. The molecule has 0 spiro atoms. The molecule has 368 valence electrons. The highest BCUT2D eigenvalue weighted by atomic mass is 16.5. The van der Waals surface area contributed by atoms with Gasteiger partial charge in [0, 0.05) is 44.1 Å². The standard InChI is InChI=1S/C39H66O6.C10H18O.C3H8O2.C2H6/c1-7-9-34-36(17-10-25(4)21-33(41)22-30-18-19-44-27(30)6)45-39(26(5)37(34)42)38(43)35(29-13-14-29)23-32(40)16-15-31(28-11-12-28)20-24(3)8-2;1-4-5-10-6-8(2)9(3)7-11-10;1-3(5)2-4;1-2/h25-31,34-39,42-43H,3,7-23H2,1-2,4-6H3;8,10H,3-7H2,1-2H3;3-5H,2H2,1H3;1-2H3/t25?,26?,27-,30?,31?,34-,35?,36?,37?,38?,39+;8?,10-;;/m00../s1. The molecule has 5 aliphatic rings. The molecule has 2 aliphatic carbocycles. The van der Waals surface area contributed by atoms with Crippen LogP contribution >= 0.6 is 0 Å². The molecule has 3 saturated heterocycles. The molecule has 2 saturated carbocycles. The molecular formula is C54H98O9. The Balaban J connectivity index is 0.000000632. The van der Waals surface area contributed by atoms with Gasteiger partial charge in [-0.05, 0) is 144 Å². The molecule has 5 fully saturated rings. The number of Topliss-reactive ketones (excluding diaryl/α,β-unsaturated/α-hetero) is 2. The van der Waals surface area contributed by atoms with E-state index in [0.29, 0.717) is 61.2 Å². The Morgan fingerprint density at radius 3 is 2.00 bits per heavy atom. The summed E-state index contributed by atoms with van der Waals surface area (Å²) in [6, 6.07) is 0. The first-order valence-electron chi connectivity index (χ1n) is 25.9. The van der Waals surface area contributed by atoms with Gasteiger partial charge in [0.05, 0.1) is 55.9 Å². The molecule has 10 unspecified atom stereocenters. The molecule has 0 radical (unpaired) electrons. The van der Waals surface area contributed by atoms with Crippen LogP contribution in [-0.4, -0.2) is 94.5 Å². The first-order valence-corrected chi connectivity index (χ1v) is 25.9. The van der Waals surface area contributed by atoms with E-state index in [4.69, 9.17) is 24.4 Å². The van der Waals surface area contributed by atoms with Crippen LogP contribution in [-0.2, 0) is 23.8 Å². The SMILES string of the molecule is C=C(CC)CC(CCC(=O)CC(C1CC1)C(O)[C@@H]1OC(CCC(C)CC(=O)CC2CCO[C@H]2C)[C@H](CCC)C(O)C1C)C1CC1.C=C1CO[C@@H](CCC)CC1C.CC.CC(O)CO. The molecule has 0 bridgehead atoms. The van der Waals surface area contributed by atoms with Crippen molar-refractivity contribution in [2.75, 3.05) is 19.8 Å². The highest BCUT2D eigenvalue weighted by Crippen LogP contribution is 2.46. The third-order valence-corrected chi connectivity index (χ3v) is 14.8. The van der Waals surface area contributed by atoms with Crippen LogP contribution in [0.25, 0.3) is 0 Å². The van der Waals surface area contributed by atoms with Crippen LogP contribution in [0.5, 0.6) is 0 Å². The van der Waals surface area contributed by atoms with E-state index in [1.807, 2.05) is 20.8 Å². The minimum absolute atomic E-state index is 0.0195. The number of rotatable bonds is 24. The van der Waals surface area contributed by atoms with Crippen LogP contribution in [0.2, 0.25) is 0 Å². The van der Waals surface area contributed by atoms with Gasteiger partial charge in [-0.25, -0.2) is 0 Å². The summed E-state index contributed by atoms with van der Waals surface area (Å²) < 4.78 is 18.0. The zero-order chi connectivity index (χ0) is 47.2. The number of hydrogen-bond acceptors (Lipinski definition) is 9. The fourth-order valence-corrected chi connectivity index (χ4v) is 10.1. The Morgan fingerprint density at radius 1 is 0.841 bits per heavy atom. The first kappa shape index (κ1) is 57.7. The maximum absolute atomic E-state index is 13.4. The molecule has 14 atom stereocenters. The number of carbonyl (C=O) groups is 2. The van der Waals surface area contributed by atoms with E-state index in [1.54, 1.807) is 0 Å². The van der Waals surface area contributed by atoms with Crippen molar-refractivity contribution in [3.63, 3.8) is 0 Å². The van der Waals surface area contributed by atoms with Crippen molar-refractivity contribution in [3.05, 3.63) is 24.3 Å². The second kappa shape index (κ2) is 30.8. The van der Waals surface area contributed by atoms with Crippen molar-refractivity contribution in [1.29, 1.82) is 0 Å². The Hall–Kier alpha value is -1.46. The largest absolute Gasteiger partial charge is 0.394 e. The summed E-state index contributed by atoms with van der Waals surface area (Å²) in [5, 5.41) is 39.4. The number of aliphatic hydroxyl groups excluding tert-OH is 4. The van der Waals surface area contributed by atoms with E-state index in [1.165, 1.54) is 50.2 Å². The minimum atomic E-state index is -0.759. The van der Waals surface area contributed by atoms with Crippen LogP contribution < -0.4 is 0 Å². The highest BCUT2D eigenvalue weighted by molar-refractivity contribution is 5.79. The molecule has 3 heterocycles. The summed E-state index contributed by atoms with van der Waals surface area (Å²) in [6.45, 7) is 30.1. The van der Waals surface area contributed by atoms with Gasteiger partial charge in [0.15, 0.2) is 0 Å². The number of hydrogen-bond donors (Lipinski definition) is 4. The molecule has 63 heavy (non-hydrogen) atoms. The number of carbonyl (C=O) groups excluding carboxylic acids is 2. The molecular weight excluding hydrogens is 793 g/mol. The van der Waals surface area contributed by atoms with E-state index >= 15 is 0 Å². The highest BCUT2D eigenvalue weighted by Gasteiger charge is 2.49. The smallest absolute Gasteiger partial charge is 0.133 e. The fraction of sp³-hybridized carbons (Fsp3) is 0.889. The van der Waals surface area contributed by atoms with E-state index in [-0.39, 0.29) is 48.3 Å². The van der Waals surface area contributed by atoms with Gasteiger partial charge in [-0.15, -0.1) is 0 Å². The molecule has 9 heteroatoms. The van der Waals surface area contributed by atoms with Gasteiger partial charge in [-0.2, -0.15) is 0 Å². The van der Waals surface area contributed by atoms with E-state index in [9.17, 15) is 19.8 Å². The van der Waals surface area contributed by atoms with Crippen LogP contribution in [0.3, 0.4) is 0 Å². The summed E-state index contributed by atoms with van der Waals surface area (Å²) in [6.07, 6.45) is 16.0. The third kappa shape index (κ3) is 20.9. The van der Waals surface area contributed by atoms with Gasteiger partial charge in [0.25, 0.3) is 0 Å². The van der Waals surface area contributed by atoms with Crippen LogP contribution in [0.4, 0.5) is 0 Å². The van der Waals surface area contributed by atoms with Crippen molar-refractivity contribution in [2.24, 2.45) is 53.3 Å². The van der Waals surface area contributed by atoms with Gasteiger partial charge >= 0.3 is 0 Å². The molecule has 4 N–H and O–H groups in total. The summed E-state index contributed by atoms with van der Waals surface area (Å²) in [4.78, 5) is 26.2. The van der Waals surface area contributed by atoms with Crippen molar-refractivity contribution in [2.45, 2.75) is 234 Å². The van der Waals surface area contributed by atoms with Crippen molar-refractivity contribution in [3.8, 4) is 0 Å². The van der Waals surface area contributed by atoms with Gasteiger partial charge in [-0.1, -0.05) is 87.0 Å². The number of ketones is 2. The monoisotopic (exact) mass is 891 g/mol. The fourth-order valence-electron chi connectivity index (χ4n) is 10.1. The number of allylic oxidation sites excluding steroid dienone is 1. The first-order chi connectivity index (χ1) is 30.0. The Morgan fingerprint density at radius 2 is 1.48 bits per heavy atom. The molecule has 0 aromatic heterocycles. The van der Waals surface area contributed by atoms with Crippen LogP contribution in [0.1, 0.15) is 191 Å². The zero-order valence-electron chi connectivity index (χ0n) is 42.0. The van der Waals surface area contributed by atoms with Crippen LogP contribution in [0.15, 0.2) is 24.3 Å². The Labute approximate surface area is 386 Å². The predicted octanol–water partition coefficient (Wildman–Crippen LogP) is 11.0. The average molecular weight is 891 g/mol. The predicted molar refractivity (Wildman–Crippen MR) is 257 cm³/mol. The van der Waals surface area contributed by atoms with Crippen molar-refractivity contribution >= 4 is 11.6 Å². The summed E-state index contributed by atoms with van der Waals surface area (Å²) in [5.41, 5.74) is 2.55. The third-order valence-electron chi connectivity index (χ3n) is 14.8. The zero-order valence-corrected chi connectivity index (χ0v) is 42.0. The van der Waals surface area contributed by atoms with Crippen LogP contribution in [0, 0.1) is 53.3 Å².